The number of hydrogen-bond donors (Lipinski definition) is 0. The first-order valence-electron chi connectivity index (χ1n) is 6.57. The third-order valence-corrected chi connectivity index (χ3v) is 3.69. The fourth-order valence-corrected chi connectivity index (χ4v) is 2.79. The number of rotatable bonds is 2. The molecule has 3 nitrogen and oxygen atoms in total. The highest BCUT2D eigenvalue weighted by atomic mass is 16.5. The van der Waals surface area contributed by atoms with Crippen molar-refractivity contribution in [2.75, 3.05) is 7.11 Å². The summed E-state index contributed by atoms with van der Waals surface area (Å²) in [5, 5.41) is 9.40. The molecule has 0 saturated heterocycles. The van der Waals surface area contributed by atoms with Gasteiger partial charge in [-0.15, -0.1) is 0 Å². The Balaban J connectivity index is 2.19. The molecule has 0 N–H and O–H groups in total. The average molecular weight is 265 g/mol. The third kappa shape index (κ3) is 2.04. The Kier molecular flexibility index (Phi) is 3.41. The summed E-state index contributed by atoms with van der Waals surface area (Å²) in [7, 11) is 1.66. The monoisotopic (exact) mass is 265 g/mol. The molecule has 2 unspecified atom stereocenters. The van der Waals surface area contributed by atoms with Gasteiger partial charge in [0.2, 0.25) is 0 Å². The summed E-state index contributed by atoms with van der Waals surface area (Å²) in [6.45, 7) is 0.452. The lowest BCUT2D eigenvalue weighted by molar-refractivity contribution is 0.0513. The number of nitriles is 1. The van der Waals surface area contributed by atoms with E-state index in [1.807, 2.05) is 48.5 Å². The molecule has 0 aromatic heterocycles. The molecule has 0 saturated carbocycles. The van der Waals surface area contributed by atoms with Crippen LogP contribution in [0.25, 0.3) is 0 Å². The normalized spacial score (nSPS) is 20.8. The van der Waals surface area contributed by atoms with E-state index in [2.05, 4.69) is 6.07 Å². The largest absolute Gasteiger partial charge is 0.496 e. The number of fused-ring (bicyclic) bond motifs is 1. The van der Waals surface area contributed by atoms with E-state index in [1.165, 1.54) is 0 Å². The molecule has 1 heterocycles. The van der Waals surface area contributed by atoms with Crippen molar-refractivity contribution in [1.29, 1.82) is 5.26 Å². The molecule has 100 valence electrons. The summed E-state index contributed by atoms with van der Waals surface area (Å²) in [4.78, 5) is 0. The van der Waals surface area contributed by atoms with Gasteiger partial charge in [-0.1, -0.05) is 42.5 Å². The number of methoxy groups -OCH3 is 1. The maximum absolute atomic E-state index is 9.40. The molecule has 3 heteroatoms. The molecule has 0 aliphatic carbocycles. The summed E-state index contributed by atoms with van der Waals surface area (Å²) in [6, 6.07) is 18.2. The van der Waals surface area contributed by atoms with Crippen molar-refractivity contribution in [1.82, 2.24) is 0 Å². The Morgan fingerprint density at radius 1 is 1.15 bits per heavy atom. The lowest BCUT2D eigenvalue weighted by atomic mass is 9.82. The van der Waals surface area contributed by atoms with Crippen molar-refractivity contribution in [2.24, 2.45) is 0 Å². The van der Waals surface area contributed by atoms with E-state index in [0.29, 0.717) is 6.61 Å². The van der Waals surface area contributed by atoms with Crippen molar-refractivity contribution in [3.8, 4) is 11.8 Å². The van der Waals surface area contributed by atoms with E-state index in [1.54, 1.807) is 7.11 Å². The van der Waals surface area contributed by atoms with Crippen LogP contribution < -0.4 is 4.74 Å². The first-order chi connectivity index (χ1) is 9.85. The molecule has 2 atom stereocenters. The Morgan fingerprint density at radius 2 is 1.95 bits per heavy atom. The van der Waals surface area contributed by atoms with Crippen LogP contribution in [0.1, 0.15) is 22.6 Å². The van der Waals surface area contributed by atoms with Gasteiger partial charge in [0.25, 0.3) is 0 Å². The van der Waals surface area contributed by atoms with E-state index >= 15 is 0 Å². The summed E-state index contributed by atoms with van der Waals surface area (Å²) in [5.74, 6) is 0.709. The topological polar surface area (TPSA) is 42.2 Å². The number of hydrogen-bond acceptors (Lipinski definition) is 3. The molecule has 2 aromatic rings. The molecule has 3 rings (SSSR count). The van der Waals surface area contributed by atoms with Crippen LogP contribution in [0.2, 0.25) is 0 Å². The zero-order valence-electron chi connectivity index (χ0n) is 11.2. The highest BCUT2D eigenvalue weighted by molar-refractivity contribution is 5.50. The molecular formula is C17H15NO2. The van der Waals surface area contributed by atoms with Gasteiger partial charge < -0.3 is 9.47 Å². The van der Waals surface area contributed by atoms with Crippen molar-refractivity contribution < 1.29 is 9.47 Å². The van der Waals surface area contributed by atoms with Crippen molar-refractivity contribution in [3.05, 3.63) is 65.2 Å². The van der Waals surface area contributed by atoms with Gasteiger partial charge in [-0.2, -0.15) is 5.26 Å². The fourth-order valence-electron chi connectivity index (χ4n) is 2.79. The SMILES string of the molecule is COc1cccc2c1C(c1ccccc1)C(C#N)OC2. The van der Waals surface area contributed by atoms with Crippen LogP contribution >= 0.6 is 0 Å². The van der Waals surface area contributed by atoms with E-state index in [4.69, 9.17) is 9.47 Å². The average Bonchev–Trinajstić information content (AvgIpc) is 2.53. The second kappa shape index (κ2) is 5.36. The van der Waals surface area contributed by atoms with Crippen molar-refractivity contribution in [3.63, 3.8) is 0 Å². The second-order valence-corrected chi connectivity index (χ2v) is 4.78. The van der Waals surface area contributed by atoms with Gasteiger partial charge in [-0.05, 0) is 17.2 Å². The summed E-state index contributed by atoms with van der Waals surface area (Å²) in [5.41, 5.74) is 3.23. The fraction of sp³-hybridized carbons (Fsp3) is 0.235. The number of ether oxygens (including phenoxy) is 2. The van der Waals surface area contributed by atoms with Gasteiger partial charge in [0.05, 0.1) is 25.7 Å². The number of benzene rings is 2. The van der Waals surface area contributed by atoms with Crippen LogP contribution in [0, 0.1) is 11.3 Å². The minimum atomic E-state index is -0.485. The first kappa shape index (κ1) is 12.7. The van der Waals surface area contributed by atoms with Gasteiger partial charge in [0.1, 0.15) is 5.75 Å². The van der Waals surface area contributed by atoms with Crippen LogP contribution in [0.3, 0.4) is 0 Å². The van der Waals surface area contributed by atoms with Crippen LogP contribution in [-0.4, -0.2) is 13.2 Å². The van der Waals surface area contributed by atoms with Crippen LogP contribution in [0.4, 0.5) is 0 Å². The zero-order chi connectivity index (χ0) is 13.9. The quantitative estimate of drug-likeness (QED) is 0.837. The molecule has 0 bridgehead atoms. The van der Waals surface area contributed by atoms with E-state index in [0.717, 1.165) is 22.4 Å². The first-order valence-corrected chi connectivity index (χ1v) is 6.57. The molecule has 1 aliphatic heterocycles. The molecule has 0 fully saturated rings. The summed E-state index contributed by atoms with van der Waals surface area (Å²) >= 11 is 0. The number of nitrogens with zero attached hydrogens (tertiary/aromatic N) is 1. The van der Waals surface area contributed by atoms with E-state index < -0.39 is 6.10 Å². The van der Waals surface area contributed by atoms with Crippen molar-refractivity contribution >= 4 is 0 Å². The minimum Gasteiger partial charge on any atom is -0.496 e. The second-order valence-electron chi connectivity index (χ2n) is 4.78. The lowest BCUT2D eigenvalue weighted by Gasteiger charge is -2.31. The highest BCUT2D eigenvalue weighted by Crippen LogP contribution is 2.41. The molecule has 0 amide bonds. The Hall–Kier alpha value is -2.31. The standard InChI is InChI=1S/C17H15NO2/c1-19-14-9-5-8-13-11-20-15(10-18)16(17(13)14)12-6-3-2-4-7-12/h2-9,15-16H,11H2,1H3. The Bertz CT molecular complexity index is 632. The molecule has 0 radical (unpaired) electrons. The predicted molar refractivity (Wildman–Crippen MR) is 75.5 cm³/mol. The van der Waals surface area contributed by atoms with E-state index in [-0.39, 0.29) is 5.92 Å². The zero-order valence-corrected chi connectivity index (χ0v) is 11.2. The Morgan fingerprint density at radius 3 is 2.65 bits per heavy atom. The third-order valence-electron chi connectivity index (χ3n) is 3.69. The van der Waals surface area contributed by atoms with Gasteiger partial charge in [-0.25, -0.2) is 0 Å². The maximum atomic E-state index is 9.40. The van der Waals surface area contributed by atoms with Crippen molar-refractivity contribution in [2.45, 2.75) is 18.6 Å². The maximum Gasteiger partial charge on any atom is 0.155 e. The molecule has 20 heavy (non-hydrogen) atoms. The highest BCUT2D eigenvalue weighted by Gasteiger charge is 2.34. The van der Waals surface area contributed by atoms with Gasteiger partial charge in [0, 0.05) is 5.56 Å². The minimum absolute atomic E-state index is 0.110. The summed E-state index contributed by atoms with van der Waals surface area (Å²) < 4.78 is 11.2. The molecule has 2 aromatic carbocycles. The van der Waals surface area contributed by atoms with Crippen LogP contribution in [-0.2, 0) is 11.3 Å². The lowest BCUT2D eigenvalue weighted by Crippen LogP contribution is -2.28. The Labute approximate surface area is 118 Å². The van der Waals surface area contributed by atoms with Gasteiger partial charge in [0.15, 0.2) is 6.10 Å². The van der Waals surface area contributed by atoms with Gasteiger partial charge in [-0.3, -0.25) is 0 Å². The molecule has 0 spiro atoms. The van der Waals surface area contributed by atoms with Gasteiger partial charge >= 0.3 is 0 Å². The van der Waals surface area contributed by atoms with E-state index in [9.17, 15) is 5.26 Å². The smallest absolute Gasteiger partial charge is 0.155 e. The molecule has 1 aliphatic rings. The molecular weight excluding hydrogens is 250 g/mol. The van der Waals surface area contributed by atoms with Crippen LogP contribution in [0.15, 0.2) is 48.5 Å². The summed E-state index contributed by atoms with van der Waals surface area (Å²) in [6.07, 6.45) is -0.485. The predicted octanol–water partition coefficient (Wildman–Crippen LogP) is 3.25. The van der Waals surface area contributed by atoms with Crippen LogP contribution in [0.5, 0.6) is 5.75 Å².